The SMILES string of the molecule is COc1ccc(/C=C(\C#N)C(=O)NCc2ccccc2)c(OC)c1OC. The van der Waals surface area contributed by atoms with Crippen molar-refractivity contribution in [2.75, 3.05) is 21.3 Å². The molecule has 0 unspecified atom stereocenters. The van der Waals surface area contributed by atoms with E-state index in [0.29, 0.717) is 29.4 Å². The zero-order valence-corrected chi connectivity index (χ0v) is 14.9. The Morgan fingerprint density at radius 2 is 1.73 bits per heavy atom. The van der Waals surface area contributed by atoms with Gasteiger partial charge >= 0.3 is 0 Å². The molecule has 0 spiro atoms. The van der Waals surface area contributed by atoms with Crippen molar-refractivity contribution >= 4 is 12.0 Å². The second-order valence-corrected chi connectivity index (χ2v) is 5.26. The summed E-state index contributed by atoms with van der Waals surface area (Å²) >= 11 is 0. The van der Waals surface area contributed by atoms with Crippen molar-refractivity contribution in [3.63, 3.8) is 0 Å². The highest BCUT2D eigenvalue weighted by atomic mass is 16.5. The average Bonchev–Trinajstić information content (AvgIpc) is 2.70. The number of benzene rings is 2. The van der Waals surface area contributed by atoms with Gasteiger partial charge in [0.05, 0.1) is 21.3 Å². The maximum absolute atomic E-state index is 12.3. The summed E-state index contributed by atoms with van der Waals surface area (Å²) in [6.45, 7) is 0.335. The summed E-state index contributed by atoms with van der Waals surface area (Å²) in [5.41, 5.74) is 1.45. The number of carbonyl (C=O) groups excluding carboxylic acids is 1. The van der Waals surface area contributed by atoms with Gasteiger partial charge in [0.25, 0.3) is 5.91 Å². The summed E-state index contributed by atoms with van der Waals surface area (Å²) < 4.78 is 15.9. The molecule has 0 heterocycles. The number of methoxy groups -OCH3 is 3. The molecule has 26 heavy (non-hydrogen) atoms. The number of ether oxygens (including phenoxy) is 3. The van der Waals surface area contributed by atoms with Crippen molar-refractivity contribution in [2.45, 2.75) is 6.54 Å². The average molecular weight is 352 g/mol. The lowest BCUT2D eigenvalue weighted by molar-refractivity contribution is -0.117. The molecule has 0 radical (unpaired) electrons. The molecule has 0 aliphatic carbocycles. The van der Waals surface area contributed by atoms with Gasteiger partial charge in [-0.3, -0.25) is 4.79 Å². The Hall–Kier alpha value is -3.46. The van der Waals surface area contributed by atoms with Crippen LogP contribution >= 0.6 is 0 Å². The highest BCUT2D eigenvalue weighted by Gasteiger charge is 2.17. The Morgan fingerprint density at radius 1 is 1.04 bits per heavy atom. The van der Waals surface area contributed by atoms with Crippen LogP contribution in [0.5, 0.6) is 17.2 Å². The van der Waals surface area contributed by atoms with Crippen LogP contribution in [0.1, 0.15) is 11.1 Å². The Morgan fingerprint density at radius 3 is 2.31 bits per heavy atom. The molecule has 0 saturated carbocycles. The number of nitrogens with zero attached hydrogens (tertiary/aromatic N) is 1. The van der Waals surface area contributed by atoms with Gasteiger partial charge in [0.1, 0.15) is 11.6 Å². The van der Waals surface area contributed by atoms with Crippen LogP contribution in [0.25, 0.3) is 6.08 Å². The standard InChI is InChI=1S/C20H20N2O4/c1-24-17-10-9-15(18(25-2)19(17)26-3)11-16(12-21)20(23)22-13-14-7-5-4-6-8-14/h4-11H,13H2,1-3H3,(H,22,23)/b16-11+. The fourth-order valence-electron chi connectivity index (χ4n) is 2.42. The molecule has 1 amide bonds. The molecule has 6 nitrogen and oxygen atoms in total. The van der Waals surface area contributed by atoms with Gasteiger partial charge in [0.15, 0.2) is 11.5 Å². The summed E-state index contributed by atoms with van der Waals surface area (Å²) in [7, 11) is 4.49. The zero-order chi connectivity index (χ0) is 18.9. The molecule has 0 saturated heterocycles. The third-order valence-corrected chi connectivity index (χ3v) is 3.70. The first-order chi connectivity index (χ1) is 12.6. The van der Waals surface area contributed by atoms with Gasteiger partial charge in [-0.15, -0.1) is 0 Å². The van der Waals surface area contributed by atoms with E-state index >= 15 is 0 Å². The molecule has 134 valence electrons. The molecule has 0 aliphatic heterocycles. The van der Waals surface area contributed by atoms with E-state index in [1.54, 1.807) is 12.1 Å². The third-order valence-electron chi connectivity index (χ3n) is 3.70. The van der Waals surface area contributed by atoms with Crippen molar-refractivity contribution in [2.24, 2.45) is 0 Å². The first-order valence-corrected chi connectivity index (χ1v) is 7.87. The van der Waals surface area contributed by atoms with Crippen molar-refractivity contribution in [3.8, 4) is 23.3 Å². The van der Waals surface area contributed by atoms with Crippen LogP contribution in [0.4, 0.5) is 0 Å². The zero-order valence-electron chi connectivity index (χ0n) is 14.9. The highest BCUT2D eigenvalue weighted by molar-refractivity contribution is 6.02. The van der Waals surface area contributed by atoms with E-state index in [4.69, 9.17) is 14.2 Å². The smallest absolute Gasteiger partial charge is 0.262 e. The van der Waals surface area contributed by atoms with E-state index in [2.05, 4.69) is 5.32 Å². The number of carbonyl (C=O) groups is 1. The maximum atomic E-state index is 12.3. The van der Waals surface area contributed by atoms with Gasteiger partial charge in [-0.25, -0.2) is 0 Å². The molecular weight excluding hydrogens is 332 g/mol. The second-order valence-electron chi connectivity index (χ2n) is 5.26. The fourth-order valence-corrected chi connectivity index (χ4v) is 2.42. The summed E-state index contributed by atoms with van der Waals surface area (Å²) in [4.78, 5) is 12.3. The molecule has 2 rings (SSSR count). The van der Waals surface area contributed by atoms with Crippen LogP contribution in [0.2, 0.25) is 0 Å². The predicted octanol–water partition coefficient (Wildman–Crippen LogP) is 2.94. The van der Waals surface area contributed by atoms with Gasteiger partial charge in [-0.05, 0) is 23.8 Å². The van der Waals surface area contributed by atoms with Crippen molar-refractivity contribution in [3.05, 3.63) is 59.2 Å². The Kier molecular flexibility index (Phi) is 6.63. The lowest BCUT2D eigenvalue weighted by Crippen LogP contribution is -2.23. The quantitative estimate of drug-likeness (QED) is 0.612. The first-order valence-electron chi connectivity index (χ1n) is 7.87. The van der Waals surface area contributed by atoms with Crippen LogP contribution < -0.4 is 19.5 Å². The first kappa shape index (κ1) is 18.9. The number of amides is 1. The summed E-state index contributed by atoms with van der Waals surface area (Å²) in [5, 5.41) is 12.1. The monoisotopic (exact) mass is 352 g/mol. The minimum atomic E-state index is -0.465. The lowest BCUT2D eigenvalue weighted by Gasteiger charge is -2.14. The Labute approximate surface area is 152 Å². The number of hydrogen-bond acceptors (Lipinski definition) is 5. The van der Waals surface area contributed by atoms with Crippen LogP contribution in [0.3, 0.4) is 0 Å². The second kappa shape index (κ2) is 9.14. The molecule has 6 heteroatoms. The van der Waals surface area contributed by atoms with E-state index in [9.17, 15) is 10.1 Å². The molecular formula is C20H20N2O4. The van der Waals surface area contributed by atoms with E-state index < -0.39 is 5.91 Å². The summed E-state index contributed by atoms with van der Waals surface area (Å²) in [6.07, 6.45) is 1.46. The molecule has 0 fully saturated rings. The molecule has 1 N–H and O–H groups in total. The minimum Gasteiger partial charge on any atom is -0.493 e. The number of hydrogen-bond donors (Lipinski definition) is 1. The molecule has 0 bridgehead atoms. The highest BCUT2D eigenvalue weighted by Crippen LogP contribution is 2.40. The third kappa shape index (κ3) is 4.33. The van der Waals surface area contributed by atoms with E-state index in [1.165, 1.54) is 27.4 Å². The Bertz CT molecular complexity index is 839. The van der Waals surface area contributed by atoms with Crippen LogP contribution in [-0.2, 0) is 11.3 Å². The van der Waals surface area contributed by atoms with Gasteiger partial charge in [0.2, 0.25) is 5.75 Å². The predicted molar refractivity (Wildman–Crippen MR) is 98.0 cm³/mol. The van der Waals surface area contributed by atoms with Gasteiger partial charge in [0, 0.05) is 12.1 Å². The fraction of sp³-hybridized carbons (Fsp3) is 0.200. The van der Waals surface area contributed by atoms with Crippen LogP contribution in [0, 0.1) is 11.3 Å². The molecule has 0 aromatic heterocycles. The van der Waals surface area contributed by atoms with Gasteiger partial charge in [-0.1, -0.05) is 30.3 Å². The van der Waals surface area contributed by atoms with Gasteiger partial charge in [-0.2, -0.15) is 5.26 Å². The largest absolute Gasteiger partial charge is 0.493 e. The topological polar surface area (TPSA) is 80.6 Å². The number of nitrogens with one attached hydrogen (secondary N) is 1. The van der Waals surface area contributed by atoms with Crippen LogP contribution in [-0.4, -0.2) is 27.2 Å². The molecule has 0 atom stereocenters. The van der Waals surface area contributed by atoms with E-state index in [-0.39, 0.29) is 5.57 Å². The van der Waals surface area contributed by atoms with Crippen LogP contribution in [0.15, 0.2) is 48.0 Å². The van der Waals surface area contributed by atoms with Gasteiger partial charge < -0.3 is 19.5 Å². The minimum absolute atomic E-state index is 0.0357. The summed E-state index contributed by atoms with van der Waals surface area (Å²) in [6, 6.07) is 14.8. The number of rotatable bonds is 7. The van der Waals surface area contributed by atoms with Crippen molar-refractivity contribution in [1.29, 1.82) is 5.26 Å². The summed E-state index contributed by atoms with van der Waals surface area (Å²) in [5.74, 6) is 0.808. The normalized spacial score (nSPS) is 10.6. The maximum Gasteiger partial charge on any atom is 0.262 e. The molecule has 0 aliphatic rings. The Balaban J connectivity index is 2.28. The molecule has 2 aromatic rings. The number of nitriles is 1. The molecule has 2 aromatic carbocycles. The van der Waals surface area contributed by atoms with E-state index in [1.807, 2.05) is 36.4 Å². The van der Waals surface area contributed by atoms with E-state index in [0.717, 1.165) is 5.56 Å². The lowest BCUT2D eigenvalue weighted by atomic mass is 10.1. The van der Waals surface area contributed by atoms with Crippen molar-refractivity contribution < 1.29 is 19.0 Å². The van der Waals surface area contributed by atoms with Crippen molar-refractivity contribution in [1.82, 2.24) is 5.32 Å².